The van der Waals surface area contributed by atoms with Crippen molar-refractivity contribution >= 4 is 10.0 Å². The third-order valence-electron chi connectivity index (χ3n) is 5.04. The van der Waals surface area contributed by atoms with Crippen LogP contribution in [0, 0.1) is 5.82 Å². The number of nitrogens with zero attached hydrogens (tertiary/aromatic N) is 1. The van der Waals surface area contributed by atoms with Gasteiger partial charge in [0.1, 0.15) is 5.69 Å². The molecule has 7 heteroatoms. The summed E-state index contributed by atoms with van der Waals surface area (Å²) in [6, 6.07) is 9.18. The SMILES string of the molecule is CC(C)(C)S(=O)(=O)NC1CCC(c2[nH]nc(-c3ccccc3)c2F)CC1. The highest BCUT2D eigenvalue weighted by Crippen LogP contribution is 2.36. The van der Waals surface area contributed by atoms with Gasteiger partial charge in [-0.3, -0.25) is 5.10 Å². The maximum Gasteiger partial charge on any atom is 0.216 e. The normalized spacial score (nSPS) is 21.7. The number of sulfonamides is 1. The van der Waals surface area contributed by atoms with Crippen LogP contribution in [0.1, 0.15) is 58.1 Å². The molecule has 2 N–H and O–H groups in total. The lowest BCUT2D eigenvalue weighted by atomic mass is 9.84. The van der Waals surface area contributed by atoms with Crippen molar-refractivity contribution in [3.05, 3.63) is 41.8 Å². The van der Waals surface area contributed by atoms with Crippen LogP contribution in [0.4, 0.5) is 4.39 Å². The van der Waals surface area contributed by atoms with E-state index in [0.717, 1.165) is 18.4 Å². The Kier molecular flexibility index (Phi) is 5.21. The highest BCUT2D eigenvalue weighted by Gasteiger charge is 2.34. The standard InChI is InChI=1S/C19H26FN3O2S/c1-19(2,3)26(24,25)23-15-11-9-14(10-12-15)18-16(20)17(21-22-18)13-7-5-4-6-8-13/h4-8,14-15,23H,9-12H2,1-3H3,(H,21,22). The number of hydrogen-bond acceptors (Lipinski definition) is 3. The molecule has 142 valence electrons. The smallest absolute Gasteiger partial charge is 0.216 e. The second-order valence-electron chi connectivity index (χ2n) is 7.95. The van der Waals surface area contributed by atoms with E-state index >= 15 is 0 Å². The van der Waals surface area contributed by atoms with Gasteiger partial charge in [0.05, 0.1) is 10.4 Å². The zero-order chi connectivity index (χ0) is 18.9. The molecule has 3 rings (SSSR count). The summed E-state index contributed by atoms with van der Waals surface area (Å²) in [6.45, 7) is 5.06. The molecule has 0 spiro atoms. The Balaban J connectivity index is 1.67. The van der Waals surface area contributed by atoms with Crippen LogP contribution in [-0.4, -0.2) is 29.4 Å². The van der Waals surface area contributed by atoms with Crippen molar-refractivity contribution in [1.29, 1.82) is 0 Å². The molecule has 1 heterocycles. The molecule has 0 aliphatic heterocycles. The van der Waals surface area contributed by atoms with Gasteiger partial charge in [-0.2, -0.15) is 5.10 Å². The van der Waals surface area contributed by atoms with Crippen molar-refractivity contribution in [2.24, 2.45) is 0 Å². The molecule has 0 atom stereocenters. The average Bonchev–Trinajstić information content (AvgIpc) is 2.96. The van der Waals surface area contributed by atoms with Gasteiger partial charge in [-0.05, 0) is 46.5 Å². The maximum absolute atomic E-state index is 14.8. The second kappa shape index (κ2) is 7.12. The lowest BCUT2D eigenvalue weighted by Gasteiger charge is -2.30. The predicted octanol–water partition coefficient (Wildman–Crippen LogP) is 3.96. The van der Waals surface area contributed by atoms with E-state index in [1.165, 1.54) is 0 Å². The second-order valence-corrected chi connectivity index (χ2v) is 10.4. The molecule has 1 aliphatic carbocycles. The van der Waals surface area contributed by atoms with Crippen molar-refractivity contribution in [1.82, 2.24) is 14.9 Å². The third kappa shape index (κ3) is 3.83. The quantitative estimate of drug-likeness (QED) is 0.844. The van der Waals surface area contributed by atoms with Gasteiger partial charge in [-0.15, -0.1) is 0 Å². The molecule has 1 fully saturated rings. The van der Waals surface area contributed by atoms with Crippen molar-refractivity contribution in [3.8, 4) is 11.3 Å². The van der Waals surface area contributed by atoms with Gasteiger partial charge < -0.3 is 0 Å². The summed E-state index contributed by atoms with van der Waals surface area (Å²) in [7, 11) is -3.36. The Bertz CT molecular complexity index is 849. The van der Waals surface area contributed by atoms with Crippen LogP contribution in [0.2, 0.25) is 0 Å². The van der Waals surface area contributed by atoms with E-state index in [-0.39, 0.29) is 17.8 Å². The van der Waals surface area contributed by atoms with Gasteiger partial charge in [0, 0.05) is 17.5 Å². The Hall–Kier alpha value is -1.73. The number of hydrogen-bond donors (Lipinski definition) is 2. The summed E-state index contributed by atoms with van der Waals surface area (Å²) in [5.74, 6) is -0.259. The summed E-state index contributed by atoms with van der Waals surface area (Å²) in [6.07, 6.45) is 2.84. The first-order valence-electron chi connectivity index (χ1n) is 9.00. The van der Waals surface area contributed by atoms with Crippen LogP contribution in [-0.2, 0) is 10.0 Å². The minimum Gasteiger partial charge on any atom is -0.279 e. The molecular weight excluding hydrogens is 353 g/mol. The van der Waals surface area contributed by atoms with Gasteiger partial charge in [0.15, 0.2) is 5.82 Å². The van der Waals surface area contributed by atoms with Gasteiger partial charge in [0.25, 0.3) is 0 Å². The average molecular weight is 380 g/mol. The molecule has 0 amide bonds. The Labute approximate surface area is 154 Å². The minimum atomic E-state index is -3.36. The summed E-state index contributed by atoms with van der Waals surface area (Å²) in [4.78, 5) is 0. The summed E-state index contributed by atoms with van der Waals surface area (Å²) in [5, 5.41) is 7.03. The molecule has 1 aromatic carbocycles. The number of aromatic amines is 1. The largest absolute Gasteiger partial charge is 0.279 e. The summed E-state index contributed by atoms with van der Waals surface area (Å²) in [5.41, 5.74) is 1.62. The highest BCUT2D eigenvalue weighted by atomic mass is 32.2. The molecule has 0 saturated heterocycles. The lowest BCUT2D eigenvalue weighted by molar-refractivity contribution is 0.360. The monoisotopic (exact) mass is 379 g/mol. The fraction of sp³-hybridized carbons (Fsp3) is 0.526. The molecule has 5 nitrogen and oxygen atoms in total. The minimum absolute atomic E-state index is 0.0374. The number of rotatable bonds is 4. The van der Waals surface area contributed by atoms with Gasteiger partial charge in [0.2, 0.25) is 10.0 Å². The molecule has 0 unspecified atom stereocenters. The third-order valence-corrected chi connectivity index (χ3v) is 7.30. The first-order valence-corrected chi connectivity index (χ1v) is 10.5. The van der Waals surface area contributed by atoms with Crippen LogP contribution in [0.3, 0.4) is 0 Å². The Morgan fingerprint density at radius 3 is 2.31 bits per heavy atom. The maximum atomic E-state index is 14.8. The molecule has 2 aromatic rings. The van der Waals surface area contributed by atoms with E-state index in [1.54, 1.807) is 20.8 Å². The first-order chi connectivity index (χ1) is 12.2. The lowest BCUT2D eigenvalue weighted by Crippen LogP contribution is -2.45. The number of benzene rings is 1. The highest BCUT2D eigenvalue weighted by molar-refractivity contribution is 7.90. The van der Waals surface area contributed by atoms with E-state index in [1.807, 2.05) is 30.3 Å². The first kappa shape index (κ1) is 19.0. The van der Waals surface area contributed by atoms with Gasteiger partial charge in [-0.25, -0.2) is 17.5 Å². The van der Waals surface area contributed by atoms with E-state index in [2.05, 4.69) is 14.9 Å². The topological polar surface area (TPSA) is 74.8 Å². The van der Waals surface area contributed by atoms with E-state index in [9.17, 15) is 12.8 Å². The van der Waals surface area contributed by atoms with Crippen molar-refractivity contribution in [2.75, 3.05) is 0 Å². The van der Waals surface area contributed by atoms with Crippen LogP contribution >= 0.6 is 0 Å². The Morgan fingerprint density at radius 1 is 1.12 bits per heavy atom. The molecule has 26 heavy (non-hydrogen) atoms. The van der Waals surface area contributed by atoms with E-state index in [4.69, 9.17) is 0 Å². The van der Waals surface area contributed by atoms with E-state index < -0.39 is 14.8 Å². The van der Waals surface area contributed by atoms with Gasteiger partial charge in [-0.1, -0.05) is 30.3 Å². The molecule has 0 radical (unpaired) electrons. The van der Waals surface area contributed by atoms with Crippen molar-refractivity contribution < 1.29 is 12.8 Å². The fourth-order valence-electron chi connectivity index (χ4n) is 3.30. The van der Waals surface area contributed by atoms with Crippen LogP contribution in [0.15, 0.2) is 30.3 Å². The molecule has 1 aromatic heterocycles. The van der Waals surface area contributed by atoms with Gasteiger partial charge >= 0.3 is 0 Å². The van der Waals surface area contributed by atoms with Crippen LogP contribution in [0.25, 0.3) is 11.3 Å². The number of nitrogens with one attached hydrogen (secondary N) is 2. The number of H-pyrrole nitrogens is 1. The van der Waals surface area contributed by atoms with Crippen LogP contribution < -0.4 is 4.72 Å². The molecule has 0 bridgehead atoms. The van der Waals surface area contributed by atoms with Crippen molar-refractivity contribution in [3.63, 3.8) is 0 Å². The zero-order valence-corrected chi connectivity index (χ0v) is 16.2. The van der Waals surface area contributed by atoms with E-state index in [0.29, 0.717) is 24.2 Å². The summed E-state index contributed by atoms with van der Waals surface area (Å²) < 4.78 is 41.4. The molecule has 1 saturated carbocycles. The summed E-state index contributed by atoms with van der Waals surface area (Å²) >= 11 is 0. The molecular formula is C19H26FN3O2S. The Morgan fingerprint density at radius 2 is 1.73 bits per heavy atom. The van der Waals surface area contributed by atoms with Crippen LogP contribution in [0.5, 0.6) is 0 Å². The number of halogens is 1. The molecule has 1 aliphatic rings. The number of aromatic nitrogens is 2. The fourth-order valence-corrected chi connectivity index (χ4v) is 4.32. The predicted molar refractivity (Wildman–Crippen MR) is 101 cm³/mol. The van der Waals surface area contributed by atoms with Crippen molar-refractivity contribution in [2.45, 2.75) is 63.2 Å². The zero-order valence-electron chi connectivity index (χ0n) is 15.4.